The number of nitrogens with zero attached hydrogens (tertiary/aromatic N) is 3. The van der Waals surface area contributed by atoms with Crippen LogP contribution in [0.4, 0.5) is 29.2 Å². The molecular formula is C21H24F4N4O. The molecule has 0 bridgehead atoms. The topological polar surface area (TPSA) is 50.3 Å². The van der Waals surface area contributed by atoms with Gasteiger partial charge in [-0.3, -0.25) is 0 Å². The van der Waals surface area contributed by atoms with Gasteiger partial charge in [0.1, 0.15) is 6.33 Å². The molecule has 1 aromatic carbocycles. The predicted molar refractivity (Wildman–Crippen MR) is 105 cm³/mol. The zero-order valence-electron chi connectivity index (χ0n) is 16.7. The van der Waals surface area contributed by atoms with E-state index in [1.165, 1.54) is 18.5 Å². The smallest absolute Gasteiger partial charge is 0.373 e. The Bertz CT molecular complexity index is 882. The first-order valence-corrected chi connectivity index (χ1v) is 10.1. The molecule has 2 atom stereocenters. The SMILES string of the molecule is CC1(CNc2ncnc(N3CCCC3c3ccc(C(F)(F)F)cc3)c2F)CCCO1. The van der Waals surface area contributed by atoms with Crippen LogP contribution in [0.25, 0.3) is 0 Å². The molecule has 3 heterocycles. The van der Waals surface area contributed by atoms with E-state index in [0.29, 0.717) is 31.7 Å². The molecule has 9 heteroatoms. The molecule has 2 aromatic rings. The van der Waals surface area contributed by atoms with Gasteiger partial charge in [-0.1, -0.05) is 12.1 Å². The summed E-state index contributed by atoms with van der Waals surface area (Å²) in [7, 11) is 0. The maximum Gasteiger partial charge on any atom is 0.416 e. The van der Waals surface area contributed by atoms with Gasteiger partial charge in [0.25, 0.3) is 0 Å². The van der Waals surface area contributed by atoms with Crippen LogP contribution < -0.4 is 10.2 Å². The Morgan fingerprint density at radius 2 is 1.97 bits per heavy atom. The molecule has 30 heavy (non-hydrogen) atoms. The van der Waals surface area contributed by atoms with Crippen LogP contribution in [0.2, 0.25) is 0 Å². The summed E-state index contributed by atoms with van der Waals surface area (Å²) < 4.78 is 59.5. The van der Waals surface area contributed by atoms with Crippen molar-refractivity contribution in [2.24, 2.45) is 0 Å². The average molecular weight is 424 g/mol. The summed E-state index contributed by atoms with van der Waals surface area (Å²) in [6, 6.07) is 4.82. The third-order valence-electron chi connectivity index (χ3n) is 5.85. The monoisotopic (exact) mass is 424 g/mol. The van der Waals surface area contributed by atoms with Crippen molar-refractivity contribution in [3.8, 4) is 0 Å². The molecule has 0 saturated carbocycles. The van der Waals surface area contributed by atoms with Crippen LogP contribution in [-0.2, 0) is 10.9 Å². The first-order chi connectivity index (χ1) is 14.3. The molecule has 2 unspecified atom stereocenters. The summed E-state index contributed by atoms with van der Waals surface area (Å²) in [4.78, 5) is 9.98. The van der Waals surface area contributed by atoms with Crippen molar-refractivity contribution in [2.75, 3.05) is 29.9 Å². The minimum Gasteiger partial charge on any atom is -0.373 e. The molecule has 2 saturated heterocycles. The van der Waals surface area contributed by atoms with Crippen LogP contribution in [0.1, 0.15) is 49.8 Å². The van der Waals surface area contributed by atoms with E-state index >= 15 is 4.39 Å². The van der Waals surface area contributed by atoms with Gasteiger partial charge in [-0.25, -0.2) is 9.97 Å². The average Bonchev–Trinajstić information content (AvgIpc) is 3.36. The number of ether oxygens (including phenoxy) is 1. The lowest BCUT2D eigenvalue weighted by Gasteiger charge is -2.28. The number of hydrogen-bond donors (Lipinski definition) is 1. The van der Waals surface area contributed by atoms with E-state index in [9.17, 15) is 13.2 Å². The molecule has 1 N–H and O–H groups in total. The zero-order chi connectivity index (χ0) is 21.4. The third-order valence-corrected chi connectivity index (χ3v) is 5.85. The fourth-order valence-corrected chi connectivity index (χ4v) is 4.19. The van der Waals surface area contributed by atoms with E-state index in [0.717, 1.165) is 31.4 Å². The number of nitrogens with one attached hydrogen (secondary N) is 1. The first kappa shape index (κ1) is 20.8. The summed E-state index contributed by atoms with van der Waals surface area (Å²) in [5.74, 6) is -0.292. The van der Waals surface area contributed by atoms with E-state index < -0.39 is 17.6 Å². The molecule has 1 aromatic heterocycles. The predicted octanol–water partition coefficient (Wildman–Crippen LogP) is 4.96. The fourth-order valence-electron chi connectivity index (χ4n) is 4.19. The second kappa shape index (κ2) is 8.02. The van der Waals surface area contributed by atoms with E-state index in [-0.39, 0.29) is 23.3 Å². The van der Waals surface area contributed by atoms with Gasteiger partial charge in [0.2, 0.25) is 5.82 Å². The van der Waals surface area contributed by atoms with E-state index in [1.54, 1.807) is 4.90 Å². The Morgan fingerprint density at radius 1 is 1.20 bits per heavy atom. The molecule has 0 spiro atoms. The number of anilines is 2. The van der Waals surface area contributed by atoms with Crippen molar-refractivity contribution < 1.29 is 22.3 Å². The maximum absolute atomic E-state index is 15.2. The minimum atomic E-state index is -4.38. The molecule has 0 radical (unpaired) electrons. The van der Waals surface area contributed by atoms with Crippen LogP contribution in [0, 0.1) is 5.82 Å². The second-order valence-electron chi connectivity index (χ2n) is 8.09. The molecule has 2 fully saturated rings. The molecule has 0 amide bonds. The number of rotatable bonds is 5. The quantitative estimate of drug-likeness (QED) is 0.688. The third kappa shape index (κ3) is 4.21. The highest BCUT2D eigenvalue weighted by atomic mass is 19.4. The van der Waals surface area contributed by atoms with Crippen LogP contribution in [0.15, 0.2) is 30.6 Å². The lowest BCUT2D eigenvalue weighted by atomic mass is 10.0. The number of aromatic nitrogens is 2. The Labute approximate surface area is 172 Å². The van der Waals surface area contributed by atoms with Gasteiger partial charge < -0.3 is 15.0 Å². The molecule has 2 aliphatic heterocycles. The molecule has 5 nitrogen and oxygen atoms in total. The lowest BCUT2D eigenvalue weighted by Crippen LogP contribution is -2.33. The summed E-state index contributed by atoms with van der Waals surface area (Å²) in [6.45, 7) is 3.68. The van der Waals surface area contributed by atoms with E-state index in [2.05, 4.69) is 15.3 Å². The number of hydrogen-bond acceptors (Lipinski definition) is 5. The summed E-state index contributed by atoms with van der Waals surface area (Å²) in [5.41, 5.74) is -0.341. The van der Waals surface area contributed by atoms with Crippen molar-refractivity contribution in [1.82, 2.24) is 9.97 Å². The van der Waals surface area contributed by atoms with Crippen molar-refractivity contribution in [3.63, 3.8) is 0 Å². The highest BCUT2D eigenvalue weighted by Gasteiger charge is 2.34. The van der Waals surface area contributed by atoms with Crippen molar-refractivity contribution in [3.05, 3.63) is 47.5 Å². The maximum atomic E-state index is 15.2. The second-order valence-corrected chi connectivity index (χ2v) is 8.09. The molecule has 0 aliphatic carbocycles. The van der Waals surface area contributed by atoms with Gasteiger partial charge in [-0.15, -0.1) is 0 Å². The first-order valence-electron chi connectivity index (χ1n) is 10.1. The van der Waals surface area contributed by atoms with Crippen LogP contribution in [0.3, 0.4) is 0 Å². The van der Waals surface area contributed by atoms with Gasteiger partial charge in [0.05, 0.1) is 17.2 Å². The van der Waals surface area contributed by atoms with Crippen LogP contribution in [0.5, 0.6) is 0 Å². The van der Waals surface area contributed by atoms with Gasteiger partial charge in [-0.05, 0) is 50.3 Å². The van der Waals surface area contributed by atoms with E-state index in [1.807, 2.05) is 6.92 Å². The Morgan fingerprint density at radius 3 is 2.63 bits per heavy atom. The van der Waals surface area contributed by atoms with Crippen molar-refractivity contribution in [2.45, 2.75) is 50.4 Å². The van der Waals surface area contributed by atoms with Crippen molar-refractivity contribution >= 4 is 11.6 Å². The Kier molecular flexibility index (Phi) is 5.57. The summed E-state index contributed by atoms with van der Waals surface area (Å²) in [6.07, 6.45) is 0.293. The molecule has 162 valence electrons. The van der Waals surface area contributed by atoms with Crippen LogP contribution in [-0.4, -0.2) is 35.3 Å². The largest absolute Gasteiger partial charge is 0.416 e. The Balaban J connectivity index is 1.54. The van der Waals surface area contributed by atoms with Crippen molar-refractivity contribution in [1.29, 1.82) is 0 Å². The molecular weight excluding hydrogens is 400 g/mol. The summed E-state index contributed by atoms with van der Waals surface area (Å²) in [5, 5.41) is 3.04. The fraction of sp³-hybridized carbons (Fsp3) is 0.524. The normalized spacial score (nSPS) is 24.4. The highest BCUT2D eigenvalue weighted by molar-refractivity contribution is 5.53. The standard InChI is InChI=1S/C21H24F4N4O/c1-20(9-3-11-30-20)12-26-18-17(22)19(28-13-27-18)29-10-2-4-16(29)14-5-7-15(8-6-14)21(23,24)25/h5-8,13,16H,2-4,9-12H2,1H3,(H,26,27,28). The minimum absolute atomic E-state index is 0.106. The number of benzene rings is 1. The molecule has 4 rings (SSSR count). The number of halogens is 4. The van der Waals surface area contributed by atoms with Gasteiger partial charge in [0.15, 0.2) is 11.6 Å². The Hall–Kier alpha value is -2.42. The zero-order valence-corrected chi connectivity index (χ0v) is 16.7. The van der Waals surface area contributed by atoms with E-state index in [4.69, 9.17) is 4.74 Å². The van der Waals surface area contributed by atoms with Gasteiger partial charge in [0, 0.05) is 19.7 Å². The lowest BCUT2D eigenvalue weighted by molar-refractivity contribution is -0.137. The van der Waals surface area contributed by atoms with Gasteiger partial charge in [-0.2, -0.15) is 17.6 Å². The van der Waals surface area contributed by atoms with Gasteiger partial charge >= 0.3 is 6.18 Å². The van der Waals surface area contributed by atoms with Crippen LogP contribution >= 0.6 is 0 Å². The number of alkyl halides is 3. The summed E-state index contributed by atoms with van der Waals surface area (Å²) >= 11 is 0. The highest BCUT2D eigenvalue weighted by Crippen LogP contribution is 2.38. The molecule has 2 aliphatic rings.